The minimum absolute atomic E-state index is 0.349. The smallest absolute Gasteiger partial charge is 0.338 e. The standard InChI is InChI=1S/C14H18O7/c1-7-3-2-4-8(5-7)13(18)20-6-9-10(15)11(16)12(17)14(19)21-9/h2-5,9-12,14-17,19H,6H2,1H3/t9-,10+,11+,12-,14?/m1/s1. The topological polar surface area (TPSA) is 116 Å². The van der Waals surface area contributed by atoms with Crippen LogP contribution in [0.25, 0.3) is 0 Å². The van der Waals surface area contributed by atoms with Crippen LogP contribution in [-0.4, -0.2) is 63.7 Å². The largest absolute Gasteiger partial charge is 0.459 e. The van der Waals surface area contributed by atoms with E-state index in [2.05, 4.69) is 0 Å². The summed E-state index contributed by atoms with van der Waals surface area (Å²) in [5.41, 5.74) is 1.24. The second kappa shape index (κ2) is 6.50. The Hall–Kier alpha value is -1.51. The Balaban J connectivity index is 1.95. The number of carbonyl (C=O) groups is 1. The van der Waals surface area contributed by atoms with Crippen molar-refractivity contribution in [2.45, 2.75) is 37.6 Å². The molecular formula is C14H18O7. The van der Waals surface area contributed by atoms with Gasteiger partial charge >= 0.3 is 5.97 Å². The van der Waals surface area contributed by atoms with E-state index in [-0.39, 0.29) is 6.61 Å². The molecular weight excluding hydrogens is 280 g/mol. The molecule has 1 aliphatic rings. The number of aliphatic hydroxyl groups excluding tert-OH is 4. The van der Waals surface area contributed by atoms with Crippen molar-refractivity contribution in [1.82, 2.24) is 0 Å². The molecule has 2 rings (SSSR count). The first kappa shape index (κ1) is 15.9. The maximum Gasteiger partial charge on any atom is 0.338 e. The summed E-state index contributed by atoms with van der Waals surface area (Å²) in [6.45, 7) is 1.48. The number of ether oxygens (including phenoxy) is 2. The number of hydrogen-bond acceptors (Lipinski definition) is 7. The molecule has 0 bridgehead atoms. The van der Waals surface area contributed by atoms with Crippen LogP contribution in [0.3, 0.4) is 0 Å². The van der Waals surface area contributed by atoms with Crippen molar-refractivity contribution >= 4 is 5.97 Å². The van der Waals surface area contributed by atoms with Crippen LogP contribution in [-0.2, 0) is 9.47 Å². The molecule has 1 heterocycles. The first-order chi connectivity index (χ1) is 9.90. The number of rotatable bonds is 3. The van der Waals surface area contributed by atoms with Gasteiger partial charge in [0.15, 0.2) is 6.29 Å². The van der Waals surface area contributed by atoms with Crippen molar-refractivity contribution in [3.63, 3.8) is 0 Å². The van der Waals surface area contributed by atoms with Gasteiger partial charge in [0.25, 0.3) is 0 Å². The van der Waals surface area contributed by atoms with Crippen molar-refractivity contribution < 1.29 is 34.7 Å². The van der Waals surface area contributed by atoms with Gasteiger partial charge in [0.05, 0.1) is 5.56 Å². The molecule has 0 spiro atoms. The molecule has 0 aromatic heterocycles. The first-order valence-corrected chi connectivity index (χ1v) is 6.51. The Morgan fingerprint density at radius 2 is 1.90 bits per heavy atom. The van der Waals surface area contributed by atoms with Crippen molar-refractivity contribution in [3.05, 3.63) is 35.4 Å². The molecule has 0 aliphatic carbocycles. The predicted molar refractivity (Wildman–Crippen MR) is 70.4 cm³/mol. The van der Waals surface area contributed by atoms with Gasteiger partial charge in [-0.15, -0.1) is 0 Å². The fourth-order valence-electron chi connectivity index (χ4n) is 2.08. The van der Waals surface area contributed by atoms with Crippen molar-refractivity contribution in [2.75, 3.05) is 6.61 Å². The van der Waals surface area contributed by atoms with Crippen LogP contribution < -0.4 is 0 Å². The zero-order chi connectivity index (χ0) is 15.6. The van der Waals surface area contributed by atoms with Crippen LogP contribution in [0.4, 0.5) is 0 Å². The lowest BCUT2D eigenvalue weighted by atomic mass is 9.99. The summed E-state index contributed by atoms with van der Waals surface area (Å²) in [7, 11) is 0. The third kappa shape index (κ3) is 3.58. The number of benzene rings is 1. The molecule has 1 aromatic rings. The zero-order valence-electron chi connectivity index (χ0n) is 11.4. The molecule has 7 nitrogen and oxygen atoms in total. The van der Waals surface area contributed by atoms with E-state index < -0.39 is 36.7 Å². The average molecular weight is 298 g/mol. The van der Waals surface area contributed by atoms with Crippen molar-refractivity contribution in [2.24, 2.45) is 0 Å². The van der Waals surface area contributed by atoms with E-state index in [1.165, 1.54) is 0 Å². The number of aliphatic hydroxyl groups is 4. The SMILES string of the molecule is Cc1cccc(C(=O)OC[C@H]2OC(O)[C@H](O)[C@@H](O)[C@H]2O)c1. The van der Waals surface area contributed by atoms with E-state index in [0.29, 0.717) is 5.56 Å². The maximum absolute atomic E-state index is 11.8. The van der Waals surface area contributed by atoms with E-state index in [9.17, 15) is 25.2 Å². The van der Waals surface area contributed by atoms with Crippen LogP contribution in [0.5, 0.6) is 0 Å². The summed E-state index contributed by atoms with van der Waals surface area (Å²) >= 11 is 0. The molecule has 7 heteroatoms. The molecule has 0 saturated carbocycles. The summed E-state index contributed by atoms with van der Waals surface area (Å²) in [6.07, 6.45) is -7.41. The van der Waals surface area contributed by atoms with Gasteiger partial charge in [-0.25, -0.2) is 4.79 Å². The summed E-state index contributed by atoms with van der Waals surface area (Å²) in [4.78, 5) is 11.8. The van der Waals surface area contributed by atoms with Gasteiger partial charge in [0.2, 0.25) is 0 Å². The molecule has 0 radical (unpaired) electrons. The van der Waals surface area contributed by atoms with E-state index in [1.54, 1.807) is 18.2 Å². The van der Waals surface area contributed by atoms with Gasteiger partial charge in [-0.3, -0.25) is 0 Å². The van der Waals surface area contributed by atoms with Crippen LogP contribution in [0.2, 0.25) is 0 Å². The van der Waals surface area contributed by atoms with Crippen molar-refractivity contribution in [1.29, 1.82) is 0 Å². The van der Waals surface area contributed by atoms with E-state index in [0.717, 1.165) is 5.56 Å². The second-order valence-corrected chi connectivity index (χ2v) is 5.00. The van der Waals surface area contributed by atoms with Crippen LogP contribution in [0.1, 0.15) is 15.9 Å². The highest BCUT2D eigenvalue weighted by atomic mass is 16.6. The van der Waals surface area contributed by atoms with Crippen molar-refractivity contribution in [3.8, 4) is 0 Å². The third-order valence-electron chi connectivity index (χ3n) is 3.32. The molecule has 21 heavy (non-hydrogen) atoms. The van der Waals surface area contributed by atoms with E-state index >= 15 is 0 Å². The predicted octanol–water partition coefficient (Wildman–Crippen LogP) is -1.05. The molecule has 1 saturated heterocycles. The van der Waals surface area contributed by atoms with Crippen LogP contribution in [0.15, 0.2) is 24.3 Å². The molecule has 1 aliphatic heterocycles. The van der Waals surface area contributed by atoms with Gasteiger partial charge in [0.1, 0.15) is 31.0 Å². The quantitative estimate of drug-likeness (QED) is 0.526. The molecule has 116 valence electrons. The Kier molecular flexibility index (Phi) is 4.92. The summed E-state index contributed by atoms with van der Waals surface area (Å²) in [6, 6.07) is 6.77. The highest BCUT2D eigenvalue weighted by Gasteiger charge is 2.43. The second-order valence-electron chi connectivity index (χ2n) is 5.00. The highest BCUT2D eigenvalue weighted by molar-refractivity contribution is 5.89. The Bertz CT molecular complexity index is 504. The first-order valence-electron chi connectivity index (χ1n) is 6.51. The van der Waals surface area contributed by atoms with Gasteiger partial charge < -0.3 is 29.9 Å². The number of hydrogen-bond donors (Lipinski definition) is 4. The highest BCUT2D eigenvalue weighted by Crippen LogP contribution is 2.20. The average Bonchev–Trinajstić information content (AvgIpc) is 2.47. The van der Waals surface area contributed by atoms with E-state index in [1.807, 2.05) is 13.0 Å². The Morgan fingerprint density at radius 3 is 2.57 bits per heavy atom. The molecule has 4 N–H and O–H groups in total. The molecule has 1 aromatic carbocycles. The minimum atomic E-state index is -1.65. The van der Waals surface area contributed by atoms with E-state index in [4.69, 9.17) is 9.47 Å². The maximum atomic E-state index is 11.8. The van der Waals surface area contributed by atoms with Gasteiger partial charge in [-0.05, 0) is 19.1 Å². The third-order valence-corrected chi connectivity index (χ3v) is 3.32. The Morgan fingerprint density at radius 1 is 1.19 bits per heavy atom. The molecule has 5 atom stereocenters. The number of carbonyl (C=O) groups excluding carboxylic acids is 1. The lowest BCUT2D eigenvalue weighted by Gasteiger charge is -2.37. The van der Waals surface area contributed by atoms with Gasteiger partial charge in [-0.1, -0.05) is 17.7 Å². The lowest BCUT2D eigenvalue weighted by molar-refractivity contribution is -0.286. The fourth-order valence-corrected chi connectivity index (χ4v) is 2.08. The monoisotopic (exact) mass is 298 g/mol. The van der Waals surface area contributed by atoms with Crippen LogP contribution in [0, 0.1) is 6.92 Å². The number of aryl methyl sites for hydroxylation is 1. The normalized spacial score (nSPS) is 32.7. The molecule has 0 amide bonds. The summed E-state index contributed by atoms with van der Waals surface area (Å²) in [5.74, 6) is -0.607. The van der Waals surface area contributed by atoms with Gasteiger partial charge in [0, 0.05) is 0 Å². The molecule has 1 unspecified atom stereocenters. The lowest BCUT2D eigenvalue weighted by Crippen LogP contribution is -2.58. The zero-order valence-corrected chi connectivity index (χ0v) is 11.4. The minimum Gasteiger partial charge on any atom is -0.459 e. The van der Waals surface area contributed by atoms with Gasteiger partial charge in [-0.2, -0.15) is 0 Å². The molecule has 1 fully saturated rings. The summed E-state index contributed by atoms with van der Waals surface area (Å²) < 4.78 is 9.91. The number of esters is 1. The van der Waals surface area contributed by atoms with Crippen LogP contribution >= 0.6 is 0 Å². The fraction of sp³-hybridized carbons (Fsp3) is 0.500. The summed E-state index contributed by atoms with van der Waals surface area (Å²) in [5, 5.41) is 37.9. The Labute approximate surface area is 121 Å².